The molecule has 1 heterocycles. The normalized spacial score (nSPS) is 14.0. The van der Waals surface area contributed by atoms with Crippen LogP contribution >= 0.6 is 0 Å². The van der Waals surface area contributed by atoms with Gasteiger partial charge in [-0.05, 0) is 112 Å². The Bertz CT molecular complexity index is 2590. The lowest BCUT2D eigenvalue weighted by atomic mass is 9.84. The topological polar surface area (TPSA) is 51.3 Å². The summed E-state index contributed by atoms with van der Waals surface area (Å²) in [6.45, 7) is 11.0. The van der Waals surface area contributed by atoms with E-state index in [9.17, 15) is 0 Å². The van der Waals surface area contributed by atoms with Crippen LogP contribution in [-0.4, -0.2) is 15.9 Å². The molecule has 0 saturated carbocycles. The maximum atomic E-state index is 5.99. The summed E-state index contributed by atoms with van der Waals surface area (Å²) in [6, 6.07) is 54.7. The summed E-state index contributed by atoms with van der Waals surface area (Å²) in [4.78, 5) is 5.44. The average molecular weight is 712 g/mol. The first kappa shape index (κ1) is 35.1. The fourth-order valence-electron chi connectivity index (χ4n) is 6.84. The van der Waals surface area contributed by atoms with Crippen molar-refractivity contribution in [2.24, 2.45) is 4.99 Å². The van der Waals surface area contributed by atoms with Crippen LogP contribution in [-0.2, 0) is 6.42 Å². The van der Waals surface area contributed by atoms with Gasteiger partial charge in [0, 0.05) is 16.7 Å². The molecule has 4 heteroatoms. The molecule has 0 spiro atoms. The Labute approximate surface area is 323 Å². The Morgan fingerprint density at radius 2 is 1.04 bits per heavy atom. The number of aromatic nitrogens is 2. The van der Waals surface area contributed by atoms with Gasteiger partial charge in [0.25, 0.3) is 0 Å². The quantitative estimate of drug-likeness (QED) is 0.140. The molecule has 0 aliphatic heterocycles. The van der Waals surface area contributed by atoms with Crippen LogP contribution in [0.2, 0.25) is 0 Å². The second-order valence-corrected chi connectivity index (χ2v) is 13.8. The van der Waals surface area contributed by atoms with Gasteiger partial charge in [-0.3, -0.25) is 0 Å². The maximum absolute atomic E-state index is 5.99. The first-order valence-corrected chi connectivity index (χ1v) is 18.7. The van der Waals surface area contributed by atoms with E-state index in [-0.39, 0.29) is 0 Å². The lowest BCUT2D eigenvalue weighted by Gasteiger charge is -2.21. The summed E-state index contributed by atoms with van der Waals surface area (Å²) in [5.74, 6) is 0.997. The molecule has 266 valence electrons. The van der Waals surface area contributed by atoms with Crippen LogP contribution in [0.4, 0.5) is 0 Å². The molecule has 0 unspecified atom stereocenters. The van der Waals surface area contributed by atoms with Crippen molar-refractivity contribution in [2.45, 2.75) is 27.2 Å². The first-order valence-electron chi connectivity index (χ1n) is 18.7. The number of hydrogen-bond acceptors (Lipinski definition) is 4. The highest BCUT2D eigenvalue weighted by Gasteiger charge is 2.20. The van der Waals surface area contributed by atoms with Crippen molar-refractivity contribution in [3.63, 3.8) is 0 Å². The molecule has 6 aromatic carbocycles. The van der Waals surface area contributed by atoms with E-state index >= 15 is 0 Å². The molecule has 4 nitrogen and oxygen atoms in total. The Morgan fingerprint density at radius 3 is 1.64 bits per heavy atom. The van der Waals surface area contributed by atoms with Crippen molar-refractivity contribution in [1.82, 2.24) is 10.2 Å². The molecule has 0 fully saturated rings. The minimum Gasteiger partial charge on any atom is -0.416 e. The second kappa shape index (κ2) is 15.6. The predicted octanol–water partition coefficient (Wildman–Crippen LogP) is 13.0. The highest BCUT2D eigenvalue weighted by Crippen LogP contribution is 2.38. The molecule has 0 atom stereocenters. The van der Waals surface area contributed by atoms with E-state index in [0.29, 0.717) is 11.8 Å². The van der Waals surface area contributed by atoms with Crippen LogP contribution in [0, 0.1) is 6.92 Å². The van der Waals surface area contributed by atoms with Gasteiger partial charge in [-0.15, -0.1) is 10.2 Å². The van der Waals surface area contributed by atoms with Crippen LogP contribution < -0.4 is 0 Å². The summed E-state index contributed by atoms with van der Waals surface area (Å²) in [7, 11) is 0. The van der Waals surface area contributed by atoms with Crippen LogP contribution in [0.1, 0.15) is 47.2 Å². The fourth-order valence-corrected chi connectivity index (χ4v) is 6.84. The van der Waals surface area contributed by atoms with Gasteiger partial charge in [0.2, 0.25) is 11.8 Å². The number of rotatable bonds is 9. The fraction of sp³-hybridized carbons (Fsp3) is 0.0784. The van der Waals surface area contributed by atoms with E-state index in [1.165, 1.54) is 11.1 Å². The predicted molar refractivity (Wildman–Crippen MR) is 229 cm³/mol. The van der Waals surface area contributed by atoms with Crippen molar-refractivity contribution >= 4 is 28.1 Å². The van der Waals surface area contributed by atoms with Gasteiger partial charge in [0.05, 0.1) is 11.4 Å². The third-order valence-corrected chi connectivity index (χ3v) is 10.1. The number of aliphatic imine (C=N–C) groups is 1. The lowest BCUT2D eigenvalue weighted by molar-refractivity contribution is 0.584. The Morgan fingerprint density at radius 1 is 0.545 bits per heavy atom. The van der Waals surface area contributed by atoms with Crippen molar-refractivity contribution < 1.29 is 4.42 Å². The minimum absolute atomic E-state index is 0.492. The zero-order chi connectivity index (χ0) is 37.7. The number of benzene rings is 6. The summed E-state index contributed by atoms with van der Waals surface area (Å²) in [6.07, 6.45) is 5.40. The zero-order valence-corrected chi connectivity index (χ0v) is 31.3. The third-order valence-electron chi connectivity index (χ3n) is 10.1. The summed E-state index contributed by atoms with van der Waals surface area (Å²) in [5, 5.41) is 8.55. The van der Waals surface area contributed by atoms with Crippen molar-refractivity contribution in [3.8, 4) is 34.0 Å². The van der Waals surface area contributed by atoms with Crippen LogP contribution in [0.3, 0.4) is 0 Å². The largest absolute Gasteiger partial charge is 0.416 e. The van der Waals surface area contributed by atoms with E-state index in [1.807, 2.05) is 48.5 Å². The maximum Gasteiger partial charge on any atom is 0.248 e. The highest BCUT2D eigenvalue weighted by atomic mass is 16.4. The molecule has 1 aromatic heterocycles. The van der Waals surface area contributed by atoms with Gasteiger partial charge in [-0.25, -0.2) is 4.99 Å². The zero-order valence-electron chi connectivity index (χ0n) is 31.3. The van der Waals surface area contributed by atoms with E-state index in [0.717, 1.165) is 84.6 Å². The van der Waals surface area contributed by atoms with Crippen LogP contribution in [0.5, 0.6) is 0 Å². The molecule has 0 radical (unpaired) electrons. The highest BCUT2D eigenvalue weighted by molar-refractivity contribution is 6.26. The van der Waals surface area contributed by atoms with Crippen LogP contribution in [0.15, 0.2) is 191 Å². The van der Waals surface area contributed by atoms with Crippen molar-refractivity contribution in [2.75, 3.05) is 0 Å². The summed E-state index contributed by atoms with van der Waals surface area (Å²) < 4.78 is 5.99. The third kappa shape index (κ3) is 7.62. The van der Waals surface area contributed by atoms with Crippen molar-refractivity contribution in [3.05, 3.63) is 215 Å². The molecule has 1 aliphatic rings. The molecule has 8 rings (SSSR count). The molecule has 7 aromatic rings. The molecule has 0 amide bonds. The SMILES string of the molecule is C=C1C=C(c2ccc(CC)cc2)C(c2ccc(C)cc2)=CC1=N/C(=C(\C)c1ccccc1)c1ccc(-c2ccc(-c3nnc(-c4ccccc4)o3)cc2)cc1. The van der Waals surface area contributed by atoms with Crippen LogP contribution in [0.25, 0.3) is 56.5 Å². The number of nitrogens with zero attached hydrogens (tertiary/aromatic N) is 3. The molecular formula is C51H41N3O. The summed E-state index contributed by atoms with van der Waals surface area (Å²) in [5.41, 5.74) is 16.9. The molecule has 0 bridgehead atoms. The van der Waals surface area contributed by atoms with Gasteiger partial charge < -0.3 is 4.42 Å². The van der Waals surface area contributed by atoms with E-state index in [2.05, 4.69) is 159 Å². The molecular weight excluding hydrogens is 671 g/mol. The Kier molecular flexibility index (Phi) is 9.96. The van der Waals surface area contributed by atoms with Gasteiger partial charge in [-0.1, -0.05) is 153 Å². The lowest BCUT2D eigenvalue weighted by Crippen LogP contribution is -2.07. The molecule has 0 N–H and O–H groups in total. The Balaban J connectivity index is 1.14. The van der Waals surface area contributed by atoms with E-state index < -0.39 is 0 Å². The summed E-state index contributed by atoms with van der Waals surface area (Å²) >= 11 is 0. The minimum atomic E-state index is 0.492. The second-order valence-electron chi connectivity index (χ2n) is 13.8. The average Bonchev–Trinajstić information content (AvgIpc) is 3.75. The first-order chi connectivity index (χ1) is 26.9. The molecule has 0 saturated heterocycles. The Hall–Kier alpha value is -6.91. The smallest absolute Gasteiger partial charge is 0.248 e. The standard InChI is InChI=1S/C51H41N3O/c1-5-37-18-22-42(23-19-37)46-32-35(3)48(33-47(46)41-20-16-34(2)17-21-41)52-49(36(4)38-12-8-6-9-13-38)43-28-24-39(25-29-43)40-26-30-45(31-27-40)51-54-53-50(55-51)44-14-10-7-11-15-44/h6-33H,3,5H2,1-2,4H3/b49-36+,52-48?. The van der Waals surface area contributed by atoms with E-state index in [4.69, 9.17) is 9.41 Å². The van der Waals surface area contributed by atoms with Gasteiger partial charge in [0.1, 0.15) is 0 Å². The molecule has 55 heavy (non-hydrogen) atoms. The monoisotopic (exact) mass is 711 g/mol. The molecule has 1 aliphatic carbocycles. The van der Waals surface area contributed by atoms with E-state index in [1.54, 1.807) is 0 Å². The van der Waals surface area contributed by atoms with Gasteiger partial charge in [-0.2, -0.15) is 0 Å². The van der Waals surface area contributed by atoms with Gasteiger partial charge >= 0.3 is 0 Å². The number of allylic oxidation sites excluding steroid dienone is 6. The van der Waals surface area contributed by atoms with Crippen molar-refractivity contribution in [1.29, 1.82) is 0 Å². The number of aryl methyl sites for hydroxylation is 2. The van der Waals surface area contributed by atoms with Gasteiger partial charge in [0.15, 0.2) is 0 Å². The number of hydrogen-bond donors (Lipinski definition) is 0.